The van der Waals surface area contributed by atoms with Gasteiger partial charge in [0.1, 0.15) is 5.56 Å². The molecule has 1 fully saturated rings. The molecule has 8 nitrogen and oxygen atoms in total. The van der Waals surface area contributed by atoms with Crippen molar-refractivity contribution >= 4 is 17.3 Å². The highest BCUT2D eigenvalue weighted by Gasteiger charge is 2.29. The molecule has 0 saturated carbocycles. The van der Waals surface area contributed by atoms with Gasteiger partial charge in [-0.3, -0.25) is 25.0 Å². The summed E-state index contributed by atoms with van der Waals surface area (Å²) in [6.45, 7) is 4.31. The lowest BCUT2D eigenvalue weighted by molar-refractivity contribution is -0.395. The van der Waals surface area contributed by atoms with Crippen LogP contribution in [0, 0.1) is 20.2 Å². The van der Waals surface area contributed by atoms with E-state index in [0.29, 0.717) is 31.5 Å². The minimum Gasteiger partial charge on any atom is -0.343 e. The minimum absolute atomic E-state index is 0.00161. The fourth-order valence-corrected chi connectivity index (χ4v) is 3.11. The largest absolute Gasteiger partial charge is 0.343 e. The average molecular weight is 321 g/mol. The number of nitro benzene ring substituents is 2. The molecule has 1 aromatic rings. The van der Waals surface area contributed by atoms with Crippen LogP contribution >= 0.6 is 0 Å². The van der Waals surface area contributed by atoms with Crippen LogP contribution < -0.4 is 0 Å². The van der Waals surface area contributed by atoms with E-state index in [-0.39, 0.29) is 35.2 Å². The molecule has 0 radical (unpaired) electrons. The Morgan fingerprint density at radius 2 is 1.65 bits per heavy atom. The van der Waals surface area contributed by atoms with Gasteiger partial charge in [0.15, 0.2) is 0 Å². The number of piperidine rings is 1. The molecule has 1 heterocycles. The second-order valence-corrected chi connectivity index (χ2v) is 5.69. The predicted octanol–water partition coefficient (Wildman–Crippen LogP) is 2.79. The standard InChI is InChI=1S/C15H19N3O5/c1-3-13-14(17(20)21)8-12(9-15(13)18(22)23)11-4-6-16(7-5-11)10(2)19/h8-9,11H,3-7H2,1-2H3. The number of rotatable bonds is 4. The molecule has 23 heavy (non-hydrogen) atoms. The van der Waals surface area contributed by atoms with Crippen molar-refractivity contribution < 1.29 is 14.6 Å². The Hall–Kier alpha value is -2.51. The summed E-state index contributed by atoms with van der Waals surface area (Å²) in [5.74, 6) is -0.00403. The quantitative estimate of drug-likeness (QED) is 0.626. The molecule has 1 aromatic carbocycles. The van der Waals surface area contributed by atoms with E-state index in [4.69, 9.17) is 0 Å². The molecule has 1 saturated heterocycles. The summed E-state index contributed by atoms with van der Waals surface area (Å²) in [6, 6.07) is 2.92. The number of hydrogen-bond acceptors (Lipinski definition) is 5. The first-order chi connectivity index (χ1) is 10.8. The van der Waals surface area contributed by atoms with Crippen LogP contribution in [0.1, 0.15) is 43.7 Å². The Kier molecular flexibility index (Phi) is 4.92. The number of nitrogens with zero attached hydrogens (tertiary/aromatic N) is 3. The zero-order valence-electron chi connectivity index (χ0n) is 13.2. The molecule has 1 aliphatic rings. The lowest BCUT2D eigenvalue weighted by atomic mass is 9.87. The van der Waals surface area contributed by atoms with Gasteiger partial charge in [0.25, 0.3) is 11.4 Å². The van der Waals surface area contributed by atoms with Crippen molar-refractivity contribution in [3.8, 4) is 0 Å². The molecular formula is C15H19N3O5. The topological polar surface area (TPSA) is 107 Å². The predicted molar refractivity (Wildman–Crippen MR) is 83.4 cm³/mol. The molecule has 0 spiro atoms. The molecule has 0 atom stereocenters. The maximum absolute atomic E-state index is 11.4. The Morgan fingerprint density at radius 3 is 2.00 bits per heavy atom. The van der Waals surface area contributed by atoms with Crippen molar-refractivity contribution in [2.75, 3.05) is 13.1 Å². The third-order valence-electron chi connectivity index (χ3n) is 4.38. The van der Waals surface area contributed by atoms with Crippen molar-refractivity contribution in [3.63, 3.8) is 0 Å². The maximum atomic E-state index is 11.4. The van der Waals surface area contributed by atoms with E-state index in [1.165, 1.54) is 19.1 Å². The molecule has 0 bridgehead atoms. The number of nitro groups is 2. The van der Waals surface area contributed by atoms with Gasteiger partial charge in [-0.2, -0.15) is 0 Å². The van der Waals surface area contributed by atoms with Gasteiger partial charge in [-0.25, -0.2) is 0 Å². The van der Waals surface area contributed by atoms with Crippen molar-refractivity contribution in [2.24, 2.45) is 0 Å². The zero-order valence-corrected chi connectivity index (χ0v) is 13.2. The van der Waals surface area contributed by atoms with Gasteiger partial charge >= 0.3 is 0 Å². The number of carbonyl (C=O) groups is 1. The Bertz CT molecular complexity index is 616. The van der Waals surface area contributed by atoms with E-state index < -0.39 is 9.85 Å². The first-order valence-corrected chi connectivity index (χ1v) is 7.56. The monoisotopic (exact) mass is 321 g/mol. The van der Waals surface area contributed by atoms with Crippen molar-refractivity contribution in [1.82, 2.24) is 4.90 Å². The number of hydrogen-bond donors (Lipinski definition) is 0. The van der Waals surface area contributed by atoms with Crippen LogP contribution in [0.4, 0.5) is 11.4 Å². The molecular weight excluding hydrogens is 302 g/mol. The highest BCUT2D eigenvalue weighted by atomic mass is 16.6. The first-order valence-electron chi connectivity index (χ1n) is 7.56. The second kappa shape index (κ2) is 6.72. The van der Waals surface area contributed by atoms with E-state index in [1.54, 1.807) is 11.8 Å². The van der Waals surface area contributed by atoms with E-state index in [1.807, 2.05) is 0 Å². The SMILES string of the molecule is CCc1c([N+](=O)[O-])cc(C2CCN(C(C)=O)CC2)cc1[N+](=O)[O-]. The third kappa shape index (κ3) is 3.46. The lowest BCUT2D eigenvalue weighted by Gasteiger charge is -2.31. The molecule has 1 aliphatic heterocycles. The highest BCUT2D eigenvalue weighted by molar-refractivity contribution is 5.73. The number of amides is 1. The minimum atomic E-state index is -0.556. The Morgan fingerprint density at radius 1 is 1.17 bits per heavy atom. The van der Waals surface area contributed by atoms with E-state index in [2.05, 4.69) is 0 Å². The summed E-state index contributed by atoms with van der Waals surface area (Å²) in [6.07, 6.45) is 1.54. The molecule has 0 aromatic heterocycles. The van der Waals surface area contributed by atoms with Gasteiger partial charge in [0.2, 0.25) is 5.91 Å². The van der Waals surface area contributed by atoms with E-state index in [9.17, 15) is 25.0 Å². The smallest absolute Gasteiger partial charge is 0.279 e. The first kappa shape index (κ1) is 16.9. The van der Waals surface area contributed by atoms with Gasteiger partial charge in [-0.1, -0.05) is 6.92 Å². The van der Waals surface area contributed by atoms with E-state index >= 15 is 0 Å². The summed E-state index contributed by atoms with van der Waals surface area (Å²) in [5.41, 5.74) is 0.394. The lowest BCUT2D eigenvalue weighted by Crippen LogP contribution is -2.36. The van der Waals surface area contributed by atoms with Crippen LogP contribution in [-0.2, 0) is 11.2 Å². The Labute approximate surface area is 133 Å². The molecule has 2 rings (SSSR count). The van der Waals surface area contributed by atoms with Gasteiger partial charge in [-0.15, -0.1) is 0 Å². The number of likely N-dealkylation sites (tertiary alicyclic amines) is 1. The van der Waals surface area contributed by atoms with Crippen LogP contribution in [0.25, 0.3) is 0 Å². The van der Waals surface area contributed by atoms with Crippen LogP contribution in [-0.4, -0.2) is 33.7 Å². The van der Waals surface area contributed by atoms with Crippen molar-refractivity contribution in [3.05, 3.63) is 43.5 Å². The van der Waals surface area contributed by atoms with Gasteiger partial charge in [-0.05, 0) is 30.7 Å². The van der Waals surface area contributed by atoms with Crippen molar-refractivity contribution in [1.29, 1.82) is 0 Å². The fourth-order valence-electron chi connectivity index (χ4n) is 3.11. The van der Waals surface area contributed by atoms with Gasteiger partial charge < -0.3 is 4.90 Å². The molecule has 8 heteroatoms. The van der Waals surface area contributed by atoms with E-state index in [0.717, 1.165) is 0 Å². The average Bonchev–Trinajstić information content (AvgIpc) is 2.53. The molecule has 0 aliphatic carbocycles. The van der Waals surface area contributed by atoms with Gasteiger partial charge in [0.05, 0.1) is 9.85 Å². The summed E-state index contributed by atoms with van der Waals surface area (Å²) in [4.78, 5) is 34.5. The molecule has 0 unspecified atom stereocenters. The van der Waals surface area contributed by atoms with Gasteiger partial charge in [0, 0.05) is 32.1 Å². The summed E-state index contributed by atoms with van der Waals surface area (Å²) < 4.78 is 0. The maximum Gasteiger partial charge on any atom is 0.279 e. The molecule has 0 N–H and O–H groups in total. The van der Waals surface area contributed by atoms with Crippen LogP contribution in [0.15, 0.2) is 12.1 Å². The summed E-state index contributed by atoms with van der Waals surface area (Å²) in [5, 5.41) is 22.5. The highest BCUT2D eigenvalue weighted by Crippen LogP contribution is 2.37. The number of carbonyl (C=O) groups excluding carboxylic acids is 1. The van der Waals surface area contributed by atoms with Crippen LogP contribution in [0.5, 0.6) is 0 Å². The molecule has 124 valence electrons. The fraction of sp³-hybridized carbons (Fsp3) is 0.533. The van der Waals surface area contributed by atoms with Crippen LogP contribution in [0.2, 0.25) is 0 Å². The zero-order chi connectivity index (χ0) is 17.1. The normalized spacial score (nSPS) is 15.5. The summed E-state index contributed by atoms with van der Waals surface area (Å²) in [7, 11) is 0. The second-order valence-electron chi connectivity index (χ2n) is 5.69. The Balaban J connectivity index is 2.38. The number of benzene rings is 1. The summed E-state index contributed by atoms with van der Waals surface area (Å²) >= 11 is 0. The third-order valence-corrected chi connectivity index (χ3v) is 4.38. The molecule has 1 amide bonds. The van der Waals surface area contributed by atoms with Crippen molar-refractivity contribution in [2.45, 2.75) is 39.0 Å². The van der Waals surface area contributed by atoms with Crippen LogP contribution in [0.3, 0.4) is 0 Å².